The minimum Gasteiger partial charge on any atom is -0.463 e. The second-order valence-electron chi connectivity index (χ2n) is 12.1. The number of benzene rings is 3. The van der Waals surface area contributed by atoms with E-state index in [4.69, 9.17) is 14.0 Å². The summed E-state index contributed by atoms with van der Waals surface area (Å²) in [6.45, 7) is 4.21. The molecule has 17 nitrogen and oxygen atoms in total. The predicted octanol–water partition coefficient (Wildman–Crippen LogP) is 4.63. The van der Waals surface area contributed by atoms with Gasteiger partial charge in [-0.2, -0.15) is 18.6 Å². The van der Waals surface area contributed by atoms with E-state index in [0.717, 1.165) is 11.6 Å². The Kier molecular flexibility index (Phi) is 14.3. The molecule has 18 heteroatoms. The van der Waals surface area contributed by atoms with E-state index in [1.54, 1.807) is 18.2 Å². The quantitative estimate of drug-likeness (QED) is 0.0247. The number of rotatable bonds is 19. The molecule has 1 heterocycles. The first kappa shape index (κ1) is 41.4. The molecule has 0 saturated heterocycles. The summed E-state index contributed by atoms with van der Waals surface area (Å²) in [6.07, 6.45) is 1.79. The van der Waals surface area contributed by atoms with Crippen LogP contribution in [0.1, 0.15) is 69.2 Å². The summed E-state index contributed by atoms with van der Waals surface area (Å²) < 4.78 is 40.9. The second kappa shape index (κ2) is 19.1. The highest BCUT2D eigenvalue weighted by Crippen LogP contribution is 2.27. The molecule has 1 unspecified atom stereocenters. The summed E-state index contributed by atoms with van der Waals surface area (Å²) in [7, 11) is -4.27. The van der Waals surface area contributed by atoms with Gasteiger partial charge in [0.15, 0.2) is 11.6 Å². The van der Waals surface area contributed by atoms with Gasteiger partial charge in [-0.05, 0) is 86.3 Å². The van der Waals surface area contributed by atoms with Crippen molar-refractivity contribution in [3.63, 3.8) is 0 Å². The highest BCUT2D eigenvalue weighted by atomic mass is 32.2. The van der Waals surface area contributed by atoms with Gasteiger partial charge < -0.3 is 25.4 Å². The van der Waals surface area contributed by atoms with Gasteiger partial charge in [-0.3, -0.25) is 28.5 Å². The lowest BCUT2D eigenvalue weighted by Crippen LogP contribution is -2.31. The van der Waals surface area contributed by atoms with Crippen LogP contribution in [-0.4, -0.2) is 79.2 Å². The molecule has 55 heavy (non-hydrogen) atoms. The number of amides is 3. The Morgan fingerprint density at radius 2 is 1.60 bits per heavy atom. The highest BCUT2D eigenvalue weighted by molar-refractivity contribution is 7.85. The molecular weight excluding hydrogens is 738 g/mol. The molecule has 3 aromatic rings. The minimum absolute atomic E-state index is 0.0156. The van der Waals surface area contributed by atoms with Crippen molar-refractivity contribution in [1.82, 2.24) is 0 Å². The number of ketones is 2. The Morgan fingerprint density at radius 1 is 0.891 bits per heavy atom. The van der Waals surface area contributed by atoms with E-state index < -0.39 is 51.4 Å². The molecule has 3 aromatic carbocycles. The zero-order chi connectivity index (χ0) is 40.1. The molecule has 4 N–H and O–H groups in total. The Labute approximate surface area is 315 Å². The third kappa shape index (κ3) is 12.9. The number of esters is 2. The Balaban J connectivity index is 1.43. The number of azo groups is 1. The molecule has 0 saturated carbocycles. The van der Waals surface area contributed by atoms with Gasteiger partial charge in [-0.1, -0.05) is 12.6 Å². The van der Waals surface area contributed by atoms with Crippen LogP contribution in [0.15, 0.2) is 83.5 Å². The third-order valence-electron chi connectivity index (χ3n) is 7.79. The van der Waals surface area contributed by atoms with E-state index in [9.17, 15) is 42.0 Å². The predicted molar refractivity (Wildman–Crippen MR) is 198 cm³/mol. The lowest BCUT2D eigenvalue weighted by molar-refractivity contribution is -0.138. The van der Waals surface area contributed by atoms with E-state index in [1.807, 2.05) is 0 Å². The van der Waals surface area contributed by atoms with E-state index in [0.29, 0.717) is 24.2 Å². The van der Waals surface area contributed by atoms with Gasteiger partial charge in [-0.25, -0.2) is 9.59 Å². The number of nitrogens with zero attached hydrogens (tertiary/aromatic N) is 2. The van der Waals surface area contributed by atoms with Gasteiger partial charge in [0.2, 0.25) is 11.9 Å². The van der Waals surface area contributed by atoms with Crippen LogP contribution in [0.2, 0.25) is 0 Å². The van der Waals surface area contributed by atoms with Crippen LogP contribution in [0, 0.1) is 0 Å². The maximum absolute atomic E-state index is 13.2. The summed E-state index contributed by atoms with van der Waals surface area (Å²) in [5.74, 6) is -4.67. The maximum Gasteiger partial charge on any atom is 0.338 e. The van der Waals surface area contributed by atoms with Gasteiger partial charge in [0, 0.05) is 40.7 Å². The zero-order valence-corrected chi connectivity index (χ0v) is 30.3. The number of carbonyl (C=O) groups is 7. The van der Waals surface area contributed by atoms with E-state index in [2.05, 4.69) is 32.8 Å². The summed E-state index contributed by atoms with van der Waals surface area (Å²) in [5.41, 5.74) is 2.03. The number of unbranched alkanes of at least 4 members (excludes halogenated alkanes) is 1. The van der Waals surface area contributed by atoms with Crippen LogP contribution >= 0.6 is 0 Å². The van der Waals surface area contributed by atoms with E-state index in [-0.39, 0.29) is 72.2 Å². The number of anilines is 3. The molecule has 1 aliphatic heterocycles. The van der Waals surface area contributed by atoms with Crippen molar-refractivity contribution >= 4 is 74.1 Å². The van der Waals surface area contributed by atoms with Gasteiger partial charge in [-0.15, -0.1) is 0 Å². The number of hydrogen-bond acceptors (Lipinski definition) is 13. The fourth-order valence-electron chi connectivity index (χ4n) is 5.06. The van der Waals surface area contributed by atoms with Crippen molar-refractivity contribution in [2.45, 2.75) is 45.1 Å². The molecule has 288 valence electrons. The van der Waals surface area contributed by atoms with Crippen LogP contribution < -0.4 is 16.0 Å². The molecule has 0 spiro atoms. The van der Waals surface area contributed by atoms with Crippen LogP contribution in [0.5, 0.6) is 0 Å². The number of ether oxygens (including phenoxy) is 2. The Hall–Kier alpha value is -6.40. The van der Waals surface area contributed by atoms with Crippen molar-refractivity contribution in [2.24, 2.45) is 10.2 Å². The first-order chi connectivity index (χ1) is 26.1. The lowest BCUT2D eigenvalue weighted by atomic mass is 10.0. The summed E-state index contributed by atoms with van der Waals surface area (Å²) in [4.78, 5) is 87.1. The van der Waals surface area contributed by atoms with Gasteiger partial charge >= 0.3 is 11.9 Å². The SMILES string of the molecule is C=CC(=O)OCCCCC(=O)c1cc(NC(=O)c2ccc(N=NC(C(C)=O)C(=O)Nc3ccc4c(c3)NC(=O)C4)cc2)cc(C(=O)OCCCS(=O)(=O)O)c1. The third-order valence-corrected chi connectivity index (χ3v) is 8.60. The normalized spacial score (nSPS) is 12.6. The molecule has 3 amide bonds. The second-order valence-corrected chi connectivity index (χ2v) is 13.7. The summed E-state index contributed by atoms with van der Waals surface area (Å²) in [5, 5.41) is 15.8. The smallest absolute Gasteiger partial charge is 0.338 e. The molecule has 1 atom stereocenters. The molecule has 0 bridgehead atoms. The standard InChI is InChI=1S/C37H37N5O12S/c1-3-33(46)53-14-5-4-7-31(44)25-17-26(37(49)54-15-6-16-55(50,51)52)19-29(18-25)39-35(47)23-8-11-27(12-9-23)41-42-34(22(2)43)36(48)38-28-13-10-24-20-32(45)40-30(24)21-28/h3,8-13,17-19,21,34H,1,4-7,14-16,20H2,2H3,(H,38,48)(H,39,47)(H,40,45)(H,50,51,52). The van der Waals surface area contributed by atoms with E-state index >= 15 is 0 Å². The zero-order valence-electron chi connectivity index (χ0n) is 29.5. The summed E-state index contributed by atoms with van der Waals surface area (Å²) >= 11 is 0. The van der Waals surface area contributed by atoms with Gasteiger partial charge in [0.1, 0.15) is 0 Å². The van der Waals surface area contributed by atoms with Crippen molar-refractivity contribution in [2.75, 3.05) is 34.9 Å². The van der Waals surface area contributed by atoms with Gasteiger partial charge in [0.05, 0.1) is 36.6 Å². The maximum atomic E-state index is 13.2. The molecule has 0 aliphatic carbocycles. The number of Topliss-reactive ketones (excluding diaryl/α,β-unsaturated/α-hetero) is 2. The Bertz CT molecular complexity index is 2150. The topological polar surface area (TPSA) is 253 Å². The first-order valence-corrected chi connectivity index (χ1v) is 18.4. The molecule has 4 rings (SSSR count). The van der Waals surface area contributed by atoms with Crippen LogP contribution in [0.4, 0.5) is 22.7 Å². The van der Waals surface area contributed by atoms with Crippen molar-refractivity contribution < 1.29 is 56.0 Å². The van der Waals surface area contributed by atoms with Crippen molar-refractivity contribution in [3.05, 3.63) is 95.6 Å². The number of nitrogens with one attached hydrogen (secondary N) is 3. The summed E-state index contributed by atoms with van der Waals surface area (Å²) in [6, 6.07) is 12.9. The minimum atomic E-state index is -4.27. The van der Waals surface area contributed by atoms with Crippen molar-refractivity contribution in [3.8, 4) is 0 Å². The Morgan fingerprint density at radius 3 is 2.29 bits per heavy atom. The fourth-order valence-corrected chi connectivity index (χ4v) is 5.54. The number of carbonyl (C=O) groups excluding carboxylic acids is 7. The molecular formula is C37H37N5O12S. The monoisotopic (exact) mass is 775 g/mol. The lowest BCUT2D eigenvalue weighted by Gasteiger charge is -2.11. The van der Waals surface area contributed by atoms with Crippen LogP contribution in [0.25, 0.3) is 0 Å². The average Bonchev–Trinajstić information content (AvgIpc) is 3.51. The molecule has 0 aromatic heterocycles. The largest absolute Gasteiger partial charge is 0.463 e. The number of fused-ring (bicyclic) bond motifs is 1. The molecule has 0 fully saturated rings. The molecule has 0 radical (unpaired) electrons. The fraction of sp³-hybridized carbons (Fsp3) is 0.270. The van der Waals surface area contributed by atoms with Crippen LogP contribution in [-0.2, 0) is 45.2 Å². The van der Waals surface area contributed by atoms with Crippen molar-refractivity contribution in [1.29, 1.82) is 0 Å². The average molecular weight is 776 g/mol. The van der Waals surface area contributed by atoms with Crippen LogP contribution in [0.3, 0.4) is 0 Å². The molecule has 1 aliphatic rings. The van der Waals surface area contributed by atoms with E-state index in [1.165, 1.54) is 49.4 Å². The first-order valence-electron chi connectivity index (χ1n) is 16.8. The number of hydrogen-bond donors (Lipinski definition) is 4. The van der Waals surface area contributed by atoms with Gasteiger partial charge in [0.25, 0.3) is 21.9 Å². The highest BCUT2D eigenvalue weighted by Gasteiger charge is 2.25.